The van der Waals surface area contributed by atoms with Gasteiger partial charge >= 0.3 is 0 Å². The third-order valence-corrected chi connectivity index (χ3v) is 4.15. The predicted octanol–water partition coefficient (Wildman–Crippen LogP) is 1.28. The molecule has 2 heterocycles. The van der Waals surface area contributed by atoms with Crippen LogP contribution in [0.25, 0.3) is 21.9 Å². The summed E-state index contributed by atoms with van der Waals surface area (Å²) in [6.07, 6.45) is 1.64. The Morgan fingerprint density at radius 2 is 0.969 bits per heavy atom. The predicted molar refractivity (Wildman–Crippen MR) is 103 cm³/mol. The van der Waals surface area contributed by atoms with E-state index in [-0.39, 0.29) is 33.4 Å². The molecule has 12 heteroatoms. The van der Waals surface area contributed by atoms with Gasteiger partial charge in [0.25, 0.3) is 0 Å². The molecule has 0 bridgehead atoms. The lowest BCUT2D eigenvalue weighted by atomic mass is 9.89. The third-order valence-electron chi connectivity index (χ3n) is 4.15. The first-order chi connectivity index (χ1) is 15.6. The number of nitriles is 6. The van der Waals surface area contributed by atoms with Crippen LogP contribution in [0.1, 0.15) is 33.4 Å². The topological polar surface area (TPSA) is 220 Å². The van der Waals surface area contributed by atoms with Crippen LogP contribution in [-0.4, -0.2) is 30.8 Å². The Morgan fingerprint density at radius 1 is 0.500 bits per heavy atom. The Hall–Kier alpha value is -6.08. The monoisotopic (exact) mass is 412 g/mol. The highest BCUT2D eigenvalue weighted by Crippen LogP contribution is 2.26. The molecule has 4 rings (SSSR count). The fourth-order valence-electron chi connectivity index (χ4n) is 2.76. The zero-order chi connectivity index (χ0) is 23.1. The fraction of sp³-hybridized carbons (Fsp3) is 0. The molecular weight excluding hydrogens is 408 g/mol. The van der Waals surface area contributed by atoms with Crippen LogP contribution in [0.4, 0.5) is 0 Å². The van der Waals surface area contributed by atoms with Gasteiger partial charge in [-0.25, -0.2) is 0 Å². The minimum atomic E-state index is -0.355. The first-order valence-electron chi connectivity index (χ1n) is 8.35. The van der Waals surface area contributed by atoms with Crippen molar-refractivity contribution >= 4 is 21.9 Å². The van der Waals surface area contributed by atoms with Gasteiger partial charge in [0.05, 0.1) is 39.6 Å². The molecule has 0 spiro atoms. The first kappa shape index (κ1) is 20.6. The molecule has 0 atom stereocenters. The van der Waals surface area contributed by atoms with Crippen molar-refractivity contribution in [2.75, 3.05) is 0 Å². The lowest BCUT2D eigenvalue weighted by molar-refractivity contribution is 0.798. The smallest absolute Gasteiger partial charge is 0.143 e. The second kappa shape index (κ2) is 8.95. The number of hydrogen-bond donors (Lipinski definition) is 0. The van der Waals surface area contributed by atoms with Gasteiger partial charge in [-0.15, -0.1) is 15.3 Å². The summed E-state index contributed by atoms with van der Waals surface area (Å²) in [6, 6.07) is 15.3. The maximum absolute atomic E-state index is 8.91. The Bertz CT molecular complexity index is 1390. The molecule has 0 N–H and O–H groups in total. The van der Waals surface area contributed by atoms with Crippen LogP contribution in [0, 0.1) is 68.0 Å². The average molecular weight is 412 g/mol. The summed E-state index contributed by atoms with van der Waals surface area (Å²) in [4.78, 5) is 0. The molecule has 12 nitrogen and oxygen atoms in total. The Morgan fingerprint density at radius 3 is 1.44 bits per heavy atom. The van der Waals surface area contributed by atoms with Crippen molar-refractivity contribution in [2.45, 2.75) is 0 Å². The Kier molecular flexibility index (Phi) is 5.77. The van der Waals surface area contributed by atoms with E-state index in [0.717, 1.165) is 5.39 Å². The lowest BCUT2D eigenvalue weighted by Crippen LogP contribution is -2.03. The van der Waals surface area contributed by atoms with Crippen molar-refractivity contribution < 1.29 is 0 Å². The van der Waals surface area contributed by atoms with E-state index >= 15 is 0 Å². The van der Waals surface area contributed by atoms with Gasteiger partial charge in [-0.05, 0) is 22.6 Å². The summed E-state index contributed by atoms with van der Waals surface area (Å²) >= 11 is 0. The van der Waals surface area contributed by atoms with Crippen molar-refractivity contribution in [3.63, 3.8) is 0 Å². The number of hydrogen-bond acceptors (Lipinski definition) is 12. The van der Waals surface area contributed by atoms with Gasteiger partial charge in [-0.3, -0.25) is 0 Å². The summed E-state index contributed by atoms with van der Waals surface area (Å²) in [5.41, 5.74) is -0.122. The van der Waals surface area contributed by atoms with E-state index in [1.165, 1.54) is 0 Å². The highest BCUT2D eigenvalue weighted by molar-refractivity contribution is 6.00. The van der Waals surface area contributed by atoms with E-state index in [1.807, 2.05) is 18.2 Å². The molecule has 0 amide bonds. The average Bonchev–Trinajstić information content (AvgIpc) is 2.86. The minimum Gasteiger partial charge on any atom is -0.192 e. The van der Waals surface area contributed by atoms with Crippen LogP contribution in [0.2, 0.25) is 0 Å². The Labute approximate surface area is 179 Å². The molecule has 0 radical (unpaired) electrons. The Balaban J connectivity index is 0.000000185. The maximum atomic E-state index is 8.91. The zero-order valence-corrected chi connectivity index (χ0v) is 15.7. The van der Waals surface area contributed by atoms with Crippen LogP contribution < -0.4 is 0 Å². The molecule has 4 aromatic rings. The molecular formula is C20H4N12. The van der Waals surface area contributed by atoms with Gasteiger partial charge in [0.1, 0.15) is 53.0 Å². The van der Waals surface area contributed by atoms with Crippen LogP contribution in [0.3, 0.4) is 0 Å². The van der Waals surface area contributed by atoms with E-state index in [9.17, 15) is 0 Å². The van der Waals surface area contributed by atoms with Crippen molar-refractivity contribution in [2.24, 2.45) is 0 Å². The number of benzene rings is 2. The van der Waals surface area contributed by atoms with Gasteiger partial charge in [0.15, 0.2) is 0 Å². The second-order valence-electron chi connectivity index (χ2n) is 5.70. The number of rotatable bonds is 0. The summed E-state index contributed by atoms with van der Waals surface area (Å²) in [6.45, 7) is 0. The summed E-state index contributed by atoms with van der Waals surface area (Å²) in [7, 11) is 0. The molecule has 0 saturated carbocycles. The lowest BCUT2D eigenvalue weighted by Gasteiger charge is -2.05. The SMILES string of the molecule is N#Cc1c(C#N)c(C#N)c(C#N)c(C#N)c1C#N.c1cc2ccc3nnnnc3c2nn1. The first-order valence-corrected chi connectivity index (χ1v) is 8.35. The molecule has 32 heavy (non-hydrogen) atoms. The van der Waals surface area contributed by atoms with E-state index in [1.54, 1.807) is 42.6 Å². The number of fused-ring (bicyclic) bond motifs is 3. The highest BCUT2D eigenvalue weighted by atomic mass is 15.4. The van der Waals surface area contributed by atoms with Crippen LogP contribution in [0.5, 0.6) is 0 Å². The second-order valence-corrected chi connectivity index (χ2v) is 5.70. The molecule has 0 aliphatic heterocycles. The minimum absolute atomic E-state index is 0.355. The van der Waals surface area contributed by atoms with Crippen LogP contribution in [-0.2, 0) is 0 Å². The van der Waals surface area contributed by atoms with Crippen molar-refractivity contribution in [1.82, 2.24) is 30.8 Å². The quantitative estimate of drug-likeness (QED) is 0.372. The van der Waals surface area contributed by atoms with E-state index in [4.69, 9.17) is 31.6 Å². The van der Waals surface area contributed by atoms with Crippen molar-refractivity contribution in [3.05, 3.63) is 57.8 Å². The maximum Gasteiger partial charge on any atom is 0.143 e. The number of aromatic nitrogens is 6. The molecule has 0 saturated heterocycles. The molecule has 144 valence electrons. The van der Waals surface area contributed by atoms with Gasteiger partial charge in [0.2, 0.25) is 0 Å². The standard InChI is InChI=1S/C12N6.C8H4N6/c13-1-7-8(2-14)10(4-16)12(6-18)11(5-17)9(7)3-15;1-2-6-8(12-14-13-10-6)7-5(1)3-4-9-11-7/h;1-4H. The van der Waals surface area contributed by atoms with Gasteiger partial charge < -0.3 is 0 Å². The highest BCUT2D eigenvalue weighted by Gasteiger charge is 2.24. The molecule has 0 aliphatic rings. The van der Waals surface area contributed by atoms with E-state index in [2.05, 4.69) is 30.8 Å². The molecule has 2 aromatic heterocycles. The third kappa shape index (κ3) is 3.39. The van der Waals surface area contributed by atoms with E-state index < -0.39 is 0 Å². The summed E-state index contributed by atoms with van der Waals surface area (Å²) in [5.74, 6) is 0. The van der Waals surface area contributed by atoms with E-state index in [0.29, 0.717) is 16.6 Å². The summed E-state index contributed by atoms with van der Waals surface area (Å²) in [5, 5.41) is 76.9. The van der Waals surface area contributed by atoms with Crippen molar-refractivity contribution in [1.29, 1.82) is 31.6 Å². The fourth-order valence-corrected chi connectivity index (χ4v) is 2.76. The summed E-state index contributed by atoms with van der Waals surface area (Å²) < 4.78 is 0. The molecule has 0 aliphatic carbocycles. The van der Waals surface area contributed by atoms with Gasteiger partial charge in [-0.2, -0.15) is 36.7 Å². The molecule has 0 unspecified atom stereocenters. The van der Waals surface area contributed by atoms with Gasteiger partial charge in [-0.1, -0.05) is 6.07 Å². The van der Waals surface area contributed by atoms with Gasteiger partial charge in [0, 0.05) is 5.39 Å². The van der Waals surface area contributed by atoms with Crippen molar-refractivity contribution in [3.8, 4) is 36.4 Å². The number of nitrogens with zero attached hydrogens (tertiary/aromatic N) is 12. The molecule has 2 aromatic carbocycles. The van der Waals surface area contributed by atoms with Crippen LogP contribution in [0.15, 0.2) is 24.4 Å². The normalized spacial score (nSPS) is 9.06. The zero-order valence-electron chi connectivity index (χ0n) is 15.7. The van der Waals surface area contributed by atoms with Crippen LogP contribution >= 0.6 is 0 Å². The largest absolute Gasteiger partial charge is 0.192 e. The molecule has 0 fully saturated rings.